The summed E-state index contributed by atoms with van der Waals surface area (Å²) in [6, 6.07) is 0.309. The van der Waals surface area contributed by atoms with Crippen LogP contribution in [-0.2, 0) is 4.74 Å². The number of aryl methyl sites for hydroxylation is 1. The minimum Gasteiger partial charge on any atom is -0.374 e. The minimum atomic E-state index is 0.289. The number of nitrogens with one attached hydrogen (secondary N) is 2. The summed E-state index contributed by atoms with van der Waals surface area (Å²) in [5.41, 5.74) is 1.10. The van der Waals surface area contributed by atoms with Gasteiger partial charge in [-0.05, 0) is 13.8 Å². The van der Waals surface area contributed by atoms with Gasteiger partial charge in [-0.1, -0.05) is 0 Å². The number of ether oxygens (including phenoxy) is 1. The summed E-state index contributed by atoms with van der Waals surface area (Å²) in [6.45, 7) is 7.79. The maximum absolute atomic E-state index is 5.63. The average molecular weight is 241 g/mol. The summed E-state index contributed by atoms with van der Waals surface area (Å²) in [4.78, 5) is 4.47. The van der Waals surface area contributed by atoms with E-state index < -0.39 is 0 Å². The van der Waals surface area contributed by atoms with Crippen molar-refractivity contribution < 1.29 is 4.74 Å². The summed E-state index contributed by atoms with van der Waals surface area (Å²) in [6.07, 6.45) is 0.289. The number of aromatic nitrogens is 1. The first kappa shape index (κ1) is 12.0. The van der Waals surface area contributed by atoms with Crippen molar-refractivity contribution in [2.75, 3.05) is 26.2 Å². The zero-order valence-corrected chi connectivity index (χ0v) is 10.6. The van der Waals surface area contributed by atoms with Gasteiger partial charge in [-0.2, -0.15) is 0 Å². The van der Waals surface area contributed by atoms with Crippen LogP contribution in [0.1, 0.15) is 23.7 Å². The Bertz CT molecular complexity index is 323. The Morgan fingerprint density at radius 1 is 1.75 bits per heavy atom. The first-order valence-corrected chi connectivity index (χ1v) is 6.61. The van der Waals surface area contributed by atoms with Gasteiger partial charge < -0.3 is 15.4 Å². The Hall–Kier alpha value is -0.490. The summed E-state index contributed by atoms with van der Waals surface area (Å²) in [5.74, 6) is 0. The van der Waals surface area contributed by atoms with Crippen LogP contribution in [0.3, 0.4) is 0 Å². The van der Waals surface area contributed by atoms with Gasteiger partial charge in [-0.3, -0.25) is 0 Å². The highest BCUT2D eigenvalue weighted by Gasteiger charge is 2.15. The van der Waals surface area contributed by atoms with Crippen LogP contribution in [0.5, 0.6) is 0 Å². The molecule has 5 heteroatoms. The van der Waals surface area contributed by atoms with Gasteiger partial charge >= 0.3 is 0 Å². The second-order valence-corrected chi connectivity index (χ2v) is 5.04. The molecule has 2 atom stereocenters. The Morgan fingerprint density at radius 2 is 2.62 bits per heavy atom. The fourth-order valence-electron chi connectivity index (χ4n) is 1.72. The lowest BCUT2D eigenvalue weighted by molar-refractivity contribution is 0.0278. The van der Waals surface area contributed by atoms with E-state index in [-0.39, 0.29) is 6.10 Å². The van der Waals surface area contributed by atoms with Crippen LogP contribution >= 0.6 is 11.3 Å². The molecule has 2 unspecified atom stereocenters. The van der Waals surface area contributed by atoms with Crippen LogP contribution in [0.15, 0.2) is 5.38 Å². The van der Waals surface area contributed by atoms with Gasteiger partial charge in [0.1, 0.15) is 5.01 Å². The Morgan fingerprint density at radius 3 is 3.25 bits per heavy atom. The minimum absolute atomic E-state index is 0.289. The van der Waals surface area contributed by atoms with Crippen molar-refractivity contribution in [3.63, 3.8) is 0 Å². The molecule has 1 aliphatic heterocycles. The molecule has 1 fully saturated rings. The molecule has 0 amide bonds. The molecule has 90 valence electrons. The van der Waals surface area contributed by atoms with Crippen LogP contribution in [0.4, 0.5) is 0 Å². The van der Waals surface area contributed by atoms with Gasteiger partial charge in [0.05, 0.1) is 18.8 Å². The second-order valence-electron chi connectivity index (χ2n) is 4.15. The number of hydrogen-bond donors (Lipinski definition) is 2. The highest BCUT2D eigenvalue weighted by atomic mass is 32.1. The summed E-state index contributed by atoms with van der Waals surface area (Å²) < 4.78 is 5.63. The molecule has 1 aromatic rings. The highest BCUT2D eigenvalue weighted by molar-refractivity contribution is 7.09. The van der Waals surface area contributed by atoms with Crippen molar-refractivity contribution in [3.05, 3.63) is 16.1 Å². The standard InChI is InChI=1S/C11H19N3OS/c1-8-7-16-11(14-8)9(2)13-6-10-5-12-3-4-15-10/h7,9-10,12-13H,3-6H2,1-2H3. The normalized spacial score (nSPS) is 23.2. The smallest absolute Gasteiger partial charge is 0.110 e. The largest absolute Gasteiger partial charge is 0.374 e. The molecule has 0 spiro atoms. The Labute approximate surface area is 100 Å². The zero-order valence-electron chi connectivity index (χ0n) is 9.82. The van der Waals surface area contributed by atoms with Crippen molar-refractivity contribution in [2.24, 2.45) is 0 Å². The van der Waals surface area contributed by atoms with Gasteiger partial charge in [-0.15, -0.1) is 11.3 Å². The number of thiazole rings is 1. The predicted octanol–water partition coefficient (Wildman–Crippen LogP) is 1.09. The lowest BCUT2D eigenvalue weighted by Gasteiger charge is -2.25. The van der Waals surface area contributed by atoms with Crippen molar-refractivity contribution in [1.29, 1.82) is 0 Å². The average Bonchev–Trinajstić information content (AvgIpc) is 2.74. The van der Waals surface area contributed by atoms with Crippen LogP contribution in [0.2, 0.25) is 0 Å². The van der Waals surface area contributed by atoms with Gasteiger partial charge in [-0.25, -0.2) is 4.98 Å². The number of hydrogen-bond acceptors (Lipinski definition) is 5. The van der Waals surface area contributed by atoms with Crippen LogP contribution < -0.4 is 10.6 Å². The molecular formula is C11H19N3OS. The van der Waals surface area contributed by atoms with E-state index in [1.807, 2.05) is 6.92 Å². The molecule has 0 aromatic carbocycles. The molecule has 4 nitrogen and oxygen atoms in total. The van der Waals surface area contributed by atoms with Crippen molar-refractivity contribution >= 4 is 11.3 Å². The predicted molar refractivity (Wildman–Crippen MR) is 65.9 cm³/mol. The van der Waals surface area contributed by atoms with E-state index in [9.17, 15) is 0 Å². The molecule has 1 aliphatic rings. The van der Waals surface area contributed by atoms with E-state index in [0.29, 0.717) is 6.04 Å². The lowest BCUT2D eigenvalue weighted by Crippen LogP contribution is -2.44. The molecule has 2 N–H and O–H groups in total. The second kappa shape index (κ2) is 5.72. The van der Waals surface area contributed by atoms with Crippen molar-refractivity contribution in [3.8, 4) is 0 Å². The fourth-order valence-corrected chi connectivity index (χ4v) is 2.55. The number of nitrogens with zero attached hydrogens (tertiary/aromatic N) is 1. The first-order valence-electron chi connectivity index (χ1n) is 5.73. The molecule has 1 saturated heterocycles. The molecule has 0 radical (unpaired) electrons. The van der Waals surface area contributed by atoms with Gasteiger partial charge in [0, 0.05) is 30.7 Å². The maximum Gasteiger partial charge on any atom is 0.110 e. The molecule has 2 heterocycles. The summed E-state index contributed by atoms with van der Waals surface area (Å²) in [7, 11) is 0. The molecule has 16 heavy (non-hydrogen) atoms. The SMILES string of the molecule is Cc1csc(C(C)NCC2CNCCO2)n1. The lowest BCUT2D eigenvalue weighted by atomic mass is 10.2. The molecule has 0 bridgehead atoms. The van der Waals surface area contributed by atoms with E-state index in [1.54, 1.807) is 11.3 Å². The molecule has 0 aliphatic carbocycles. The number of rotatable bonds is 4. The maximum atomic E-state index is 5.63. The zero-order chi connectivity index (χ0) is 11.4. The quantitative estimate of drug-likeness (QED) is 0.828. The summed E-state index contributed by atoms with van der Waals surface area (Å²) >= 11 is 1.71. The Kier molecular flexibility index (Phi) is 4.29. The van der Waals surface area contributed by atoms with E-state index in [0.717, 1.165) is 36.9 Å². The van der Waals surface area contributed by atoms with Crippen LogP contribution in [0.25, 0.3) is 0 Å². The topological polar surface area (TPSA) is 46.2 Å². The molecule has 0 saturated carbocycles. The third-order valence-corrected chi connectivity index (χ3v) is 3.81. The Balaban J connectivity index is 1.76. The van der Waals surface area contributed by atoms with Crippen molar-refractivity contribution in [1.82, 2.24) is 15.6 Å². The summed E-state index contributed by atoms with van der Waals surface area (Å²) in [5, 5.41) is 10.0. The van der Waals surface area contributed by atoms with Gasteiger partial charge in [0.15, 0.2) is 0 Å². The molecule has 2 rings (SSSR count). The fraction of sp³-hybridized carbons (Fsp3) is 0.727. The van der Waals surface area contributed by atoms with Gasteiger partial charge in [0.25, 0.3) is 0 Å². The third kappa shape index (κ3) is 3.25. The van der Waals surface area contributed by atoms with E-state index in [1.165, 1.54) is 0 Å². The highest BCUT2D eigenvalue weighted by Crippen LogP contribution is 2.17. The number of morpholine rings is 1. The monoisotopic (exact) mass is 241 g/mol. The van der Waals surface area contributed by atoms with E-state index >= 15 is 0 Å². The van der Waals surface area contributed by atoms with Crippen LogP contribution in [0, 0.1) is 6.92 Å². The van der Waals surface area contributed by atoms with E-state index in [4.69, 9.17) is 4.74 Å². The first-order chi connectivity index (χ1) is 7.75. The van der Waals surface area contributed by atoms with Gasteiger partial charge in [0.2, 0.25) is 0 Å². The molecule has 1 aromatic heterocycles. The third-order valence-electron chi connectivity index (χ3n) is 2.66. The van der Waals surface area contributed by atoms with E-state index in [2.05, 4.69) is 27.9 Å². The van der Waals surface area contributed by atoms with Crippen LogP contribution in [-0.4, -0.2) is 37.3 Å². The molecular weight excluding hydrogens is 222 g/mol. The van der Waals surface area contributed by atoms with Crippen molar-refractivity contribution in [2.45, 2.75) is 26.0 Å².